The van der Waals surface area contributed by atoms with E-state index >= 15 is 0 Å². The fraction of sp³-hybridized carbons (Fsp3) is 0.222. The number of benzene rings is 1. The van der Waals surface area contributed by atoms with Gasteiger partial charge in [-0.1, -0.05) is 0 Å². The molecule has 0 spiro atoms. The molecule has 62 valence electrons. The van der Waals surface area contributed by atoms with Crippen LogP contribution in [0.4, 0.5) is 0 Å². The summed E-state index contributed by atoms with van der Waals surface area (Å²) in [6.45, 7) is 1.75. The molecule has 1 aliphatic heterocycles. The standard InChI is InChI=1S/C9H8O3/c1-6(10)7-2-8-4-9(3-7)12-5-11-8/h2-4H,5H2,1H3. The number of carbonyl (C=O) groups is 1. The fourth-order valence-corrected chi connectivity index (χ4v) is 1.11. The molecule has 0 saturated carbocycles. The maximum absolute atomic E-state index is 11.0. The van der Waals surface area contributed by atoms with Crippen LogP contribution in [0.25, 0.3) is 0 Å². The monoisotopic (exact) mass is 164 g/mol. The van der Waals surface area contributed by atoms with Gasteiger partial charge in [0.1, 0.15) is 11.5 Å². The van der Waals surface area contributed by atoms with Crippen LogP contribution in [0.2, 0.25) is 0 Å². The molecule has 2 rings (SSSR count). The lowest BCUT2D eigenvalue weighted by molar-refractivity contribution is 0.0981. The van der Waals surface area contributed by atoms with Crippen molar-refractivity contribution < 1.29 is 14.3 Å². The largest absolute Gasteiger partial charge is 0.457 e. The van der Waals surface area contributed by atoms with Crippen molar-refractivity contribution in [2.24, 2.45) is 0 Å². The minimum absolute atomic E-state index is 0.0206. The molecule has 0 N–H and O–H groups in total. The van der Waals surface area contributed by atoms with Crippen LogP contribution < -0.4 is 9.47 Å². The second-order valence-corrected chi connectivity index (χ2v) is 2.66. The Hall–Kier alpha value is -1.51. The number of carbonyl (C=O) groups excluding carboxylic acids is 1. The van der Waals surface area contributed by atoms with Crippen LogP contribution in [0, 0.1) is 0 Å². The van der Waals surface area contributed by atoms with Gasteiger partial charge in [-0.3, -0.25) is 4.79 Å². The molecule has 0 amide bonds. The van der Waals surface area contributed by atoms with Gasteiger partial charge in [-0.2, -0.15) is 0 Å². The molecule has 1 heterocycles. The Labute approximate surface area is 69.9 Å². The van der Waals surface area contributed by atoms with E-state index in [1.54, 1.807) is 18.2 Å². The molecular formula is C9H8O3. The van der Waals surface area contributed by atoms with Crippen molar-refractivity contribution in [2.45, 2.75) is 6.92 Å². The van der Waals surface area contributed by atoms with E-state index in [-0.39, 0.29) is 12.6 Å². The molecule has 2 bridgehead atoms. The predicted octanol–water partition coefficient (Wildman–Crippen LogP) is 1.62. The third kappa shape index (κ3) is 1.13. The Bertz CT molecular complexity index is 308. The van der Waals surface area contributed by atoms with Gasteiger partial charge in [0.15, 0.2) is 5.78 Å². The zero-order valence-corrected chi connectivity index (χ0v) is 6.66. The number of rotatable bonds is 1. The van der Waals surface area contributed by atoms with Crippen molar-refractivity contribution in [3.05, 3.63) is 23.8 Å². The number of fused-ring (bicyclic) bond motifs is 2. The zero-order valence-electron chi connectivity index (χ0n) is 6.66. The van der Waals surface area contributed by atoms with E-state index in [9.17, 15) is 4.79 Å². The van der Waals surface area contributed by atoms with Gasteiger partial charge >= 0.3 is 0 Å². The molecule has 0 radical (unpaired) electrons. The fourth-order valence-electron chi connectivity index (χ4n) is 1.11. The topological polar surface area (TPSA) is 35.5 Å². The van der Waals surface area contributed by atoms with Gasteiger partial charge in [-0.05, 0) is 19.1 Å². The number of ether oxygens (including phenoxy) is 2. The normalized spacial score (nSPS) is 13.1. The van der Waals surface area contributed by atoms with Crippen LogP contribution in [-0.4, -0.2) is 12.6 Å². The molecule has 0 saturated heterocycles. The quantitative estimate of drug-likeness (QED) is 0.591. The summed E-state index contributed by atoms with van der Waals surface area (Å²) in [4.78, 5) is 11.0. The van der Waals surface area contributed by atoms with E-state index in [0.29, 0.717) is 17.1 Å². The molecule has 0 unspecified atom stereocenters. The van der Waals surface area contributed by atoms with E-state index in [0.717, 1.165) is 0 Å². The zero-order chi connectivity index (χ0) is 8.55. The predicted molar refractivity (Wildman–Crippen MR) is 42.6 cm³/mol. The average Bonchev–Trinajstić information content (AvgIpc) is 2.03. The van der Waals surface area contributed by atoms with Gasteiger partial charge in [0, 0.05) is 11.6 Å². The lowest BCUT2D eigenvalue weighted by Crippen LogP contribution is -2.11. The summed E-state index contributed by atoms with van der Waals surface area (Å²) in [5.74, 6) is 1.42. The smallest absolute Gasteiger partial charge is 0.230 e. The molecule has 3 heteroatoms. The molecule has 1 aromatic rings. The number of hydrogen-bond donors (Lipinski definition) is 0. The minimum Gasteiger partial charge on any atom is -0.457 e. The van der Waals surface area contributed by atoms with E-state index in [1.165, 1.54) is 6.92 Å². The summed E-state index contributed by atoms with van der Waals surface area (Å²) in [5.41, 5.74) is 0.627. The summed E-state index contributed by atoms with van der Waals surface area (Å²) >= 11 is 0. The highest BCUT2D eigenvalue weighted by molar-refractivity contribution is 5.94. The lowest BCUT2D eigenvalue weighted by atomic mass is 10.1. The van der Waals surface area contributed by atoms with Gasteiger partial charge in [-0.15, -0.1) is 0 Å². The van der Waals surface area contributed by atoms with Crippen LogP contribution in [0.3, 0.4) is 0 Å². The number of hydrogen-bond acceptors (Lipinski definition) is 3. The third-order valence-corrected chi connectivity index (χ3v) is 1.74. The lowest BCUT2D eigenvalue weighted by Gasteiger charge is -2.16. The van der Waals surface area contributed by atoms with Crippen molar-refractivity contribution in [3.63, 3.8) is 0 Å². The number of Topliss-reactive ketones (excluding diaryl/α,β-unsaturated/α-hetero) is 1. The maximum Gasteiger partial charge on any atom is 0.230 e. The van der Waals surface area contributed by atoms with E-state index in [2.05, 4.69) is 0 Å². The van der Waals surface area contributed by atoms with Crippen LogP contribution in [-0.2, 0) is 0 Å². The highest BCUT2D eigenvalue weighted by Gasteiger charge is 2.10. The summed E-state index contributed by atoms with van der Waals surface area (Å²) in [7, 11) is 0. The Kier molecular flexibility index (Phi) is 1.50. The van der Waals surface area contributed by atoms with Crippen LogP contribution in [0.5, 0.6) is 11.5 Å². The van der Waals surface area contributed by atoms with Crippen molar-refractivity contribution in [1.82, 2.24) is 0 Å². The molecule has 12 heavy (non-hydrogen) atoms. The molecule has 0 atom stereocenters. The first-order valence-electron chi connectivity index (χ1n) is 3.67. The maximum atomic E-state index is 11.0. The van der Waals surface area contributed by atoms with Gasteiger partial charge in [-0.25, -0.2) is 0 Å². The molecular weight excluding hydrogens is 156 g/mol. The van der Waals surface area contributed by atoms with Crippen molar-refractivity contribution in [1.29, 1.82) is 0 Å². The van der Waals surface area contributed by atoms with E-state index in [1.807, 2.05) is 0 Å². The Morgan fingerprint density at radius 3 is 2.33 bits per heavy atom. The number of ketones is 1. The first kappa shape index (κ1) is 7.16. The van der Waals surface area contributed by atoms with Crippen LogP contribution >= 0.6 is 0 Å². The summed E-state index contributed by atoms with van der Waals surface area (Å²) in [6.07, 6.45) is 0. The van der Waals surface area contributed by atoms with Crippen molar-refractivity contribution in [3.8, 4) is 11.5 Å². The Morgan fingerprint density at radius 1 is 1.25 bits per heavy atom. The first-order chi connectivity index (χ1) is 5.75. The average molecular weight is 164 g/mol. The molecule has 1 aliphatic rings. The highest BCUT2D eigenvalue weighted by atomic mass is 16.7. The van der Waals surface area contributed by atoms with Gasteiger partial charge < -0.3 is 9.47 Å². The molecule has 0 aliphatic carbocycles. The minimum atomic E-state index is 0.0206. The molecule has 1 aromatic carbocycles. The summed E-state index contributed by atoms with van der Waals surface area (Å²) < 4.78 is 10.2. The van der Waals surface area contributed by atoms with Gasteiger partial charge in [0.25, 0.3) is 0 Å². The molecule has 0 aromatic heterocycles. The van der Waals surface area contributed by atoms with E-state index in [4.69, 9.17) is 9.47 Å². The molecule has 3 nitrogen and oxygen atoms in total. The molecule has 0 fully saturated rings. The van der Waals surface area contributed by atoms with Gasteiger partial charge in [0.05, 0.1) is 0 Å². The van der Waals surface area contributed by atoms with Crippen LogP contribution in [0.1, 0.15) is 17.3 Å². The van der Waals surface area contributed by atoms with Gasteiger partial charge in [0.2, 0.25) is 6.79 Å². The SMILES string of the molecule is CC(=O)c1cc2cc(c1)OCO2. The van der Waals surface area contributed by atoms with Crippen LogP contribution in [0.15, 0.2) is 18.2 Å². The second kappa shape index (κ2) is 2.52. The van der Waals surface area contributed by atoms with E-state index < -0.39 is 0 Å². The second-order valence-electron chi connectivity index (χ2n) is 2.66. The third-order valence-electron chi connectivity index (χ3n) is 1.74. The first-order valence-corrected chi connectivity index (χ1v) is 3.67. The summed E-state index contributed by atoms with van der Waals surface area (Å²) in [5, 5.41) is 0. The highest BCUT2D eigenvalue weighted by Crippen LogP contribution is 2.26. The summed E-state index contributed by atoms with van der Waals surface area (Å²) in [6, 6.07) is 5.19. The van der Waals surface area contributed by atoms with Crippen molar-refractivity contribution >= 4 is 5.78 Å². The van der Waals surface area contributed by atoms with Crippen molar-refractivity contribution in [2.75, 3.05) is 6.79 Å². The Morgan fingerprint density at radius 2 is 1.83 bits per heavy atom. The Balaban J connectivity index is 2.49.